The third-order valence-electron chi connectivity index (χ3n) is 8.01. The van der Waals surface area contributed by atoms with E-state index in [1.54, 1.807) is 23.1 Å². The second-order valence-electron chi connectivity index (χ2n) is 10.3. The number of fused-ring (bicyclic) bond motifs is 5. The first-order valence-corrected chi connectivity index (χ1v) is 15.4. The SMILES string of the molecule is CSc1nc(N2CCC(Cc3ccccc3)CC2)c2sc3nc(-c4ccccc4)c4c(c3c2n1)CCC4. The van der Waals surface area contributed by atoms with Gasteiger partial charge in [-0.3, -0.25) is 0 Å². The smallest absolute Gasteiger partial charge is 0.189 e. The summed E-state index contributed by atoms with van der Waals surface area (Å²) in [6, 6.07) is 21.6. The summed E-state index contributed by atoms with van der Waals surface area (Å²) in [5, 5.41) is 2.15. The number of anilines is 1. The molecular weight excluding hydrogens is 493 g/mol. The van der Waals surface area contributed by atoms with Gasteiger partial charge in [-0.2, -0.15) is 0 Å². The van der Waals surface area contributed by atoms with E-state index in [0.717, 1.165) is 58.9 Å². The highest BCUT2D eigenvalue weighted by molar-refractivity contribution is 7.98. The number of hydrogen-bond donors (Lipinski definition) is 0. The Morgan fingerprint density at radius 2 is 1.62 bits per heavy atom. The number of aryl methyl sites for hydroxylation is 1. The molecule has 0 radical (unpaired) electrons. The molecule has 186 valence electrons. The molecule has 37 heavy (non-hydrogen) atoms. The van der Waals surface area contributed by atoms with Crippen LogP contribution in [0, 0.1) is 5.92 Å². The maximum absolute atomic E-state index is 5.28. The predicted octanol–water partition coefficient (Wildman–Crippen LogP) is 7.58. The Kier molecular flexibility index (Phi) is 6.10. The van der Waals surface area contributed by atoms with Gasteiger partial charge in [0.2, 0.25) is 0 Å². The predicted molar refractivity (Wildman–Crippen MR) is 157 cm³/mol. The van der Waals surface area contributed by atoms with Crippen molar-refractivity contribution in [3.63, 3.8) is 0 Å². The molecule has 0 amide bonds. The van der Waals surface area contributed by atoms with Crippen molar-refractivity contribution in [2.75, 3.05) is 24.2 Å². The van der Waals surface area contributed by atoms with Crippen molar-refractivity contribution in [1.82, 2.24) is 15.0 Å². The van der Waals surface area contributed by atoms with E-state index in [1.807, 2.05) is 0 Å². The Morgan fingerprint density at radius 1 is 0.892 bits per heavy atom. The molecule has 7 rings (SSSR count). The molecule has 6 heteroatoms. The first kappa shape index (κ1) is 23.2. The van der Waals surface area contributed by atoms with Crippen LogP contribution in [0.25, 0.3) is 31.7 Å². The van der Waals surface area contributed by atoms with Crippen LogP contribution in [0.4, 0.5) is 5.82 Å². The number of thioether (sulfide) groups is 1. The topological polar surface area (TPSA) is 41.9 Å². The molecule has 0 saturated carbocycles. The third-order valence-corrected chi connectivity index (χ3v) is 9.62. The van der Waals surface area contributed by atoms with Gasteiger partial charge in [-0.15, -0.1) is 11.3 Å². The second-order valence-corrected chi connectivity index (χ2v) is 12.0. The molecule has 1 aliphatic heterocycles. The molecule has 2 aromatic carbocycles. The van der Waals surface area contributed by atoms with Crippen molar-refractivity contribution in [3.05, 3.63) is 77.4 Å². The average molecular weight is 523 g/mol. The fourth-order valence-electron chi connectivity index (χ4n) is 6.17. The van der Waals surface area contributed by atoms with Crippen LogP contribution < -0.4 is 4.90 Å². The summed E-state index contributed by atoms with van der Waals surface area (Å²) in [5.41, 5.74) is 7.84. The molecule has 0 N–H and O–H groups in total. The lowest BCUT2D eigenvalue weighted by Crippen LogP contribution is -2.35. The summed E-state index contributed by atoms with van der Waals surface area (Å²) >= 11 is 3.44. The zero-order valence-electron chi connectivity index (χ0n) is 21.1. The maximum atomic E-state index is 5.28. The van der Waals surface area contributed by atoms with Crippen LogP contribution in [0.1, 0.15) is 36.0 Å². The monoisotopic (exact) mass is 522 g/mol. The highest BCUT2D eigenvalue weighted by atomic mass is 32.2. The molecular formula is C31H30N4S2. The third kappa shape index (κ3) is 4.20. The number of rotatable bonds is 5. The van der Waals surface area contributed by atoms with Crippen LogP contribution in [0.5, 0.6) is 0 Å². The number of aromatic nitrogens is 3. The first-order chi connectivity index (χ1) is 18.3. The highest BCUT2D eigenvalue weighted by Gasteiger charge is 2.28. The van der Waals surface area contributed by atoms with Gasteiger partial charge in [-0.1, -0.05) is 72.4 Å². The Balaban J connectivity index is 1.29. The number of piperidine rings is 1. The molecule has 2 aliphatic rings. The fraction of sp³-hybridized carbons (Fsp3) is 0.323. The van der Waals surface area contributed by atoms with Crippen molar-refractivity contribution >= 4 is 49.3 Å². The first-order valence-electron chi connectivity index (χ1n) is 13.3. The van der Waals surface area contributed by atoms with Crippen molar-refractivity contribution < 1.29 is 0 Å². The zero-order chi connectivity index (χ0) is 24.8. The number of hydrogen-bond acceptors (Lipinski definition) is 6. The Labute approximate surface area is 226 Å². The van der Waals surface area contributed by atoms with Crippen LogP contribution in [0.15, 0.2) is 65.8 Å². The lowest BCUT2D eigenvalue weighted by Gasteiger charge is -2.33. The highest BCUT2D eigenvalue weighted by Crippen LogP contribution is 2.45. The molecule has 4 heterocycles. The molecule has 5 aromatic rings. The Hall–Kier alpha value is -2.96. The largest absolute Gasteiger partial charge is 0.355 e. The summed E-state index contributed by atoms with van der Waals surface area (Å²) in [6.07, 6.45) is 9.06. The minimum absolute atomic E-state index is 0.733. The molecule has 0 spiro atoms. The molecule has 1 fully saturated rings. The standard InChI is InChI=1S/C31H30N4S2/c1-36-31-33-27-25-23-13-8-14-24(23)26(22-11-6-3-7-12-22)32-30(25)37-28(27)29(34-31)35-17-15-21(16-18-35)19-20-9-4-2-5-10-20/h2-7,9-12,21H,8,13-19H2,1H3. The van der Waals surface area contributed by atoms with Crippen molar-refractivity contribution in [3.8, 4) is 11.3 Å². The van der Waals surface area contributed by atoms with E-state index in [2.05, 4.69) is 71.8 Å². The quantitative estimate of drug-likeness (QED) is 0.176. The van der Waals surface area contributed by atoms with E-state index in [0.29, 0.717) is 0 Å². The number of nitrogens with zero attached hydrogens (tertiary/aromatic N) is 4. The van der Waals surface area contributed by atoms with Gasteiger partial charge in [-0.05, 0) is 67.4 Å². The van der Waals surface area contributed by atoms with Gasteiger partial charge in [0.1, 0.15) is 4.83 Å². The molecule has 1 aliphatic carbocycles. The van der Waals surface area contributed by atoms with Crippen molar-refractivity contribution in [2.24, 2.45) is 5.92 Å². The lowest BCUT2D eigenvalue weighted by molar-refractivity contribution is 0.402. The van der Waals surface area contributed by atoms with Gasteiger partial charge in [0, 0.05) is 24.0 Å². The number of thiophene rings is 1. The minimum atomic E-state index is 0.733. The molecule has 0 atom stereocenters. The van der Waals surface area contributed by atoms with Crippen LogP contribution >= 0.6 is 23.1 Å². The number of benzene rings is 2. The van der Waals surface area contributed by atoms with Gasteiger partial charge in [0.25, 0.3) is 0 Å². The van der Waals surface area contributed by atoms with Gasteiger partial charge in [0.05, 0.1) is 15.9 Å². The lowest BCUT2D eigenvalue weighted by atomic mass is 9.90. The molecule has 0 unspecified atom stereocenters. The summed E-state index contributed by atoms with van der Waals surface area (Å²) in [7, 11) is 0. The Bertz CT molecular complexity index is 1570. The van der Waals surface area contributed by atoms with Crippen LogP contribution in [-0.2, 0) is 19.3 Å². The molecule has 4 nitrogen and oxygen atoms in total. The van der Waals surface area contributed by atoms with Crippen molar-refractivity contribution in [2.45, 2.75) is 43.7 Å². The summed E-state index contributed by atoms with van der Waals surface area (Å²) in [4.78, 5) is 19.1. The van der Waals surface area contributed by atoms with Crippen LogP contribution in [-0.4, -0.2) is 34.3 Å². The average Bonchev–Trinajstić information content (AvgIpc) is 3.58. The second kappa shape index (κ2) is 9.73. The summed E-state index contributed by atoms with van der Waals surface area (Å²) in [6.45, 7) is 2.10. The van der Waals surface area contributed by atoms with E-state index in [9.17, 15) is 0 Å². The van der Waals surface area contributed by atoms with Crippen molar-refractivity contribution in [1.29, 1.82) is 0 Å². The van der Waals surface area contributed by atoms with E-state index >= 15 is 0 Å². The fourth-order valence-corrected chi connectivity index (χ4v) is 7.69. The minimum Gasteiger partial charge on any atom is -0.355 e. The maximum Gasteiger partial charge on any atom is 0.189 e. The summed E-state index contributed by atoms with van der Waals surface area (Å²) < 4.78 is 1.21. The molecule has 3 aromatic heterocycles. The van der Waals surface area contributed by atoms with E-state index in [-0.39, 0.29) is 0 Å². The zero-order valence-corrected chi connectivity index (χ0v) is 22.7. The summed E-state index contributed by atoms with van der Waals surface area (Å²) in [5.74, 6) is 1.85. The Morgan fingerprint density at radius 3 is 2.38 bits per heavy atom. The van der Waals surface area contributed by atoms with Gasteiger partial charge >= 0.3 is 0 Å². The van der Waals surface area contributed by atoms with Gasteiger partial charge < -0.3 is 4.90 Å². The van der Waals surface area contributed by atoms with E-state index in [1.165, 1.54) is 58.0 Å². The van der Waals surface area contributed by atoms with Gasteiger partial charge in [0.15, 0.2) is 11.0 Å². The van der Waals surface area contributed by atoms with E-state index < -0.39 is 0 Å². The van der Waals surface area contributed by atoms with Crippen LogP contribution in [0.3, 0.4) is 0 Å². The van der Waals surface area contributed by atoms with E-state index in [4.69, 9.17) is 15.0 Å². The normalized spacial score (nSPS) is 16.1. The molecule has 0 bridgehead atoms. The number of pyridine rings is 1. The van der Waals surface area contributed by atoms with Gasteiger partial charge in [-0.25, -0.2) is 15.0 Å². The molecule has 1 saturated heterocycles. The van der Waals surface area contributed by atoms with Crippen LogP contribution in [0.2, 0.25) is 0 Å².